The van der Waals surface area contributed by atoms with Gasteiger partial charge in [-0.3, -0.25) is 9.20 Å². The summed E-state index contributed by atoms with van der Waals surface area (Å²) in [5.41, 5.74) is 0.941. The van der Waals surface area contributed by atoms with Gasteiger partial charge in [0.2, 0.25) is 5.91 Å². The molecule has 2 aromatic heterocycles. The van der Waals surface area contributed by atoms with E-state index in [-0.39, 0.29) is 23.8 Å². The van der Waals surface area contributed by atoms with Crippen LogP contribution >= 0.6 is 0 Å². The van der Waals surface area contributed by atoms with Gasteiger partial charge in [-0.15, -0.1) is 5.10 Å². The lowest BCUT2D eigenvalue weighted by molar-refractivity contribution is -0.121. The van der Waals surface area contributed by atoms with E-state index >= 15 is 0 Å². The van der Waals surface area contributed by atoms with Crippen LogP contribution in [0.25, 0.3) is 5.65 Å². The third-order valence-electron chi connectivity index (χ3n) is 3.94. The maximum Gasteiger partial charge on any atom is 0.350 e. The summed E-state index contributed by atoms with van der Waals surface area (Å²) < 4.78 is 16.4. The zero-order valence-corrected chi connectivity index (χ0v) is 13.7. The standard InChI is InChI=1S/C18H19FN4O2/c19-15-7-2-1-6-14(15)9-10-17(24)20-11-5-13-23-18(25)22-12-4-3-8-16(22)21-23/h1-4,6-8,12H,5,9-11,13H2,(H,20,24). The van der Waals surface area contributed by atoms with Crippen LogP contribution in [-0.2, 0) is 17.8 Å². The number of aromatic nitrogens is 3. The first-order valence-corrected chi connectivity index (χ1v) is 8.19. The second kappa shape index (κ2) is 7.74. The summed E-state index contributed by atoms with van der Waals surface area (Å²) in [6, 6.07) is 11.8. The molecule has 0 saturated heterocycles. The molecule has 1 aromatic carbocycles. The number of carbonyl (C=O) groups excluding carboxylic acids is 1. The summed E-state index contributed by atoms with van der Waals surface area (Å²) in [5.74, 6) is -0.424. The molecule has 2 heterocycles. The first-order valence-electron chi connectivity index (χ1n) is 8.19. The highest BCUT2D eigenvalue weighted by Crippen LogP contribution is 2.08. The van der Waals surface area contributed by atoms with Gasteiger partial charge in [0.1, 0.15) is 5.82 Å². The molecule has 130 valence electrons. The lowest BCUT2D eigenvalue weighted by atomic mass is 10.1. The Morgan fingerprint density at radius 3 is 2.76 bits per heavy atom. The molecular weight excluding hydrogens is 323 g/mol. The highest BCUT2D eigenvalue weighted by atomic mass is 19.1. The summed E-state index contributed by atoms with van der Waals surface area (Å²) in [7, 11) is 0. The van der Waals surface area contributed by atoms with E-state index in [0.29, 0.717) is 37.1 Å². The Morgan fingerprint density at radius 1 is 1.16 bits per heavy atom. The molecule has 1 N–H and O–H groups in total. The minimum absolute atomic E-state index is 0.134. The number of hydrogen-bond donors (Lipinski definition) is 1. The van der Waals surface area contributed by atoms with E-state index in [9.17, 15) is 14.0 Å². The van der Waals surface area contributed by atoms with Crippen LogP contribution in [0, 0.1) is 5.82 Å². The first kappa shape index (κ1) is 16.9. The molecule has 0 radical (unpaired) electrons. The van der Waals surface area contributed by atoms with Crippen LogP contribution in [0.15, 0.2) is 53.5 Å². The highest BCUT2D eigenvalue weighted by Gasteiger charge is 2.07. The fraction of sp³-hybridized carbons (Fsp3) is 0.278. The minimum Gasteiger partial charge on any atom is -0.356 e. The van der Waals surface area contributed by atoms with Crippen LogP contribution in [-0.4, -0.2) is 26.6 Å². The lowest BCUT2D eigenvalue weighted by Gasteiger charge is -2.06. The van der Waals surface area contributed by atoms with Gasteiger partial charge in [0.15, 0.2) is 5.65 Å². The van der Waals surface area contributed by atoms with Crippen LogP contribution in [0.4, 0.5) is 4.39 Å². The topological polar surface area (TPSA) is 68.4 Å². The van der Waals surface area contributed by atoms with Gasteiger partial charge in [-0.25, -0.2) is 13.9 Å². The summed E-state index contributed by atoms with van der Waals surface area (Å²) in [6.45, 7) is 0.866. The van der Waals surface area contributed by atoms with Crippen LogP contribution in [0.2, 0.25) is 0 Å². The predicted octanol–water partition coefficient (Wildman–Crippen LogP) is 1.77. The number of benzene rings is 1. The second-order valence-corrected chi connectivity index (χ2v) is 5.73. The van der Waals surface area contributed by atoms with Crippen molar-refractivity contribution in [1.29, 1.82) is 0 Å². The van der Waals surface area contributed by atoms with Crippen molar-refractivity contribution in [1.82, 2.24) is 19.5 Å². The summed E-state index contributed by atoms with van der Waals surface area (Å²) in [5, 5.41) is 7.01. The van der Waals surface area contributed by atoms with Crippen molar-refractivity contribution in [2.75, 3.05) is 6.54 Å². The Morgan fingerprint density at radius 2 is 1.96 bits per heavy atom. The normalized spacial score (nSPS) is 10.9. The smallest absolute Gasteiger partial charge is 0.350 e. The predicted molar refractivity (Wildman–Crippen MR) is 91.8 cm³/mol. The fourth-order valence-electron chi connectivity index (χ4n) is 2.61. The van der Waals surface area contributed by atoms with Crippen molar-refractivity contribution in [2.24, 2.45) is 0 Å². The Labute approximate surface area is 143 Å². The average molecular weight is 342 g/mol. The van der Waals surface area contributed by atoms with Gasteiger partial charge >= 0.3 is 5.69 Å². The van der Waals surface area contributed by atoms with Gasteiger partial charge in [0.25, 0.3) is 0 Å². The number of fused-ring (bicyclic) bond motifs is 1. The van der Waals surface area contributed by atoms with E-state index in [0.717, 1.165) is 0 Å². The molecule has 0 aliphatic carbocycles. The maximum absolute atomic E-state index is 13.5. The SMILES string of the molecule is O=C(CCc1ccccc1F)NCCCn1nc2ccccn2c1=O. The number of nitrogens with one attached hydrogen (secondary N) is 1. The quantitative estimate of drug-likeness (QED) is 0.666. The molecule has 3 rings (SSSR count). The number of carbonyl (C=O) groups is 1. The zero-order valence-electron chi connectivity index (χ0n) is 13.7. The van der Waals surface area contributed by atoms with Crippen molar-refractivity contribution < 1.29 is 9.18 Å². The molecule has 1 amide bonds. The number of nitrogens with zero attached hydrogens (tertiary/aromatic N) is 3. The summed E-state index contributed by atoms with van der Waals surface area (Å²) in [6.07, 6.45) is 2.86. The maximum atomic E-state index is 13.5. The summed E-state index contributed by atoms with van der Waals surface area (Å²) in [4.78, 5) is 23.9. The van der Waals surface area contributed by atoms with Crippen molar-refractivity contribution in [3.8, 4) is 0 Å². The second-order valence-electron chi connectivity index (χ2n) is 5.73. The Hall–Kier alpha value is -2.96. The van der Waals surface area contributed by atoms with Crippen LogP contribution in [0.1, 0.15) is 18.4 Å². The number of amides is 1. The van der Waals surface area contributed by atoms with Crippen LogP contribution in [0.3, 0.4) is 0 Å². The van der Waals surface area contributed by atoms with Gasteiger partial charge in [-0.2, -0.15) is 0 Å². The Kier molecular flexibility index (Phi) is 5.23. The van der Waals surface area contributed by atoms with Crippen molar-refractivity contribution in [2.45, 2.75) is 25.8 Å². The average Bonchev–Trinajstić information content (AvgIpc) is 2.94. The molecular formula is C18H19FN4O2. The van der Waals surface area contributed by atoms with E-state index in [1.165, 1.54) is 15.1 Å². The number of aryl methyl sites for hydroxylation is 2. The van der Waals surface area contributed by atoms with Gasteiger partial charge in [0.05, 0.1) is 0 Å². The Balaban J connectivity index is 1.43. The molecule has 0 atom stereocenters. The van der Waals surface area contributed by atoms with E-state index in [1.54, 1.807) is 36.5 Å². The molecule has 0 aliphatic rings. The van der Waals surface area contributed by atoms with E-state index in [2.05, 4.69) is 10.4 Å². The number of hydrogen-bond acceptors (Lipinski definition) is 3. The molecule has 25 heavy (non-hydrogen) atoms. The van der Waals surface area contributed by atoms with Crippen LogP contribution < -0.4 is 11.0 Å². The van der Waals surface area contributed by atoms with Crippen LogP contribution in [0.5, 0.6) is 0 Å². The molecule has 0 fully saturated rings. The zero-order chi connectivity index (χ0) is 17.6. The van der Waals surface area contributed by atoms with Crippen molar-refractivity contribution in [3.05, 3.63) is 70.5 Å². The molecule has 0 spiro atoms. The first-order chi connectivity index (χ1) is 12.1. The van der Waals surface area contributed by atoms with Gasteiger partial charge in [0, 0.05) is 25.7 Å². The Bertz CT molecular complexity index is 932. The monoisotopic (exact) mass is 342 g/mol. The lowest BCUT2D eigenvalue weighted by Crippen LogP contribution is -2.27. The molecule has 0 bridgehead atoms. The summed E-state index contributed by atoms with van der Waals surface area (Å²) >= 11 is 0. The van der Waals surface area contributed by atoms with E-state index in [4.69, 9.17) is 0 Å². The molecule has 7 heteroatoms. The number of rotatable bonds is 7. The number of halogens is 1. The molecule has 0 unspecified atom stereocenters. The van der Waals surface area contributed by atoms with Crippen molar-refractivity contribution >= 4 is 11.6 Å². The van der Waals surface area contributed by atoms with Gasteiger partial charge in [-0.1, -0.05) is 24.3 Å². The molecule has 6 nitrogen and oxygen atoms in total. The van der Waals surface area contributed by atoms with E-state index in [1.807, 2.05) is 6.07 Å². The third kappa shape index (κ3) is 4.12. The minimum atomic E-state index is -0.290. The molecule has 0 saturated carbocycles. The van der Waals surface area contributed by atoms with Gasteiger partial charge < -0.3 is 5.32 Å². The fourth-order valence-corrected chi connectivity index (χ4v) is 2.61. The molecule has 3 aromatic rings. The van der Waals surface area contributed by atoms with Gasteiger partial charge in [-0.05, 0) is 36.6 Å². The van der Waals surface area contributed by atoms with E-state index < -0.39 is 0 Å². The third-order valence-corrected chi connectivity index (χ3v) is 3.94. The van der Waals surface area contributed by atoms with Crippen molar-refractivity contribution in [3.63, 3.8) is 0 Å². The largest absolute Gasteiger partial charge is 0.356 e. The number of pyridine rings is 1. The molecule has 0 aliphatic heterocycles. The highest BCUT2D eigenvalue weighted by molar-refractivity contribution is 5.76.